The number of methoxy groups -OCH3 is 1. The molecule has 0 saturated carbocycles. The maximum Gasteiger partial charge on any atom is 0.255 e. The minimum atomic E-state index is -0.161. The van der Waals surface area contributed by atoms with Crippen LogP contribution in [0.3, 0.4) is 0 Å². The fourth-order valence-electron chi connectivity index (χ4n) is 2.28. The highest BCUT2D eigenvalue weighted by Gasteiger charge is 2.11. The number of hydrogen-bond acceptors (Lipinski definition) is 4. The summed E-state index contributed by atoms with van der Waals surface area (Å²) in [6.45, 7) is 0.479. The van der Waals surface area contributed by atoms with E-state index >= 15 is 0 Å². The van der Waals surface area contributed by atoms with Crippen LogP contribution in [-0.4, -0.2) is 34.2 Å². The summed E-state index contributed by atoms with van der Waals surface area (Å²) in [6.07, 6.45) is 2.51. The zero-order valence-corrected chi connectivity index (χ0v) is 12.2. The first-order chi connectivity index (χ1) is 10.8. The lowest BCUT2D eigenvalue weighted by molar-refractivity contribution is 0.0951. The molecule has 0 saturated heterocycles. The van der Waals surface area contributed by atoms with E-state index < -0.39 is 0 Å². The number of nitrogens with zero attached hydrogens (tertiary/aromatic N) is 3. The molecule has 3 rings (SSSR count). The van der Waals surface area contributed by atoms with Crippen molar-refractivity contribution in [1.29, 1.82) is 0 Å². The molecular weight excluding hydrogens is 280 g/mol. The summed E-state index contributed by atoms with van der Waals surface area (Å²) < 4.78 is 7.10. The lowest BCUT2D eigenvalue weighted by Gasteiger charge is -2.08. The molecule has 2 aromatic heterocycles. The Morgan fingerprint density at radius 2 is 2.00 bits per heavy atom. The molecule has 2 heterocycles. The van der Waals surface area contributed by atoms with Gasteiger partial charge >= 0.3 is 0 Å². The molecule has 0 spiro atoms. The number of fused-ring (bicyclic) bond motifs is 1. The van der Waals surface area contributed by atoms with Gasteiger partial charge < -0.3 is 10.1 Å². The van der Waals surface area contributed by atoms with E-state index in [-0.39, 0.29) is 5.91 Å². The zero-order valence-electron chi connectivity index (χ0n) is 12.2. The topological polar surface area (TPSA) is 68.5 Å². The molecule has 1 N–H and O–H groups in total. The average molecular weight is 296 g/mol. The normalized spacial score (nSPS) is 10.6. The summed E-state index contributed by atoms with van der Waals surface area (Å²) in [5, 5.41) is 11.1. The number of ether oxygens (including phenoxy) is 1. The minimum absolute atomic E-state index is 0.161. The van der Waals surface area contributed by atoms with Gasteiger partial charge in [0.05, 0.1) is 12.7 Å². The maximum absolute atomic E-state index is 12.2. The molecule has 22 heavy (non-hydrogen) atoms. The molecule has 0 unspecified atom stereocenters. The highest BCUT2D eigenvalue weighted by Crippen LogP contribution is 2.16. The van der Waals surface area contributed by atoms with Gasteiger partial charge in [0.15, 0.2) is 5.65 Å². The zero-order chi connectivity index (χ0) is 15.4. The van der Waals surface area contributed by atoms with Gasteiger partial charge in [-0.1, -0.05) is 18.2 Å². The SMILES string of the molecule is COc1ccccc1C(=O)NCCc1nnc2ccccn12. The fourth-order valence-corrected chi connectivity index (χ4v) is 2.28. The Bertz CT molecular complexity index is 797. The van der Waals surface area contributed by atoms with Crippen molar-refractivity contribution >= 4 is 11.6 Å². The lowest BCUT2D eigenvalue weighted by Crippen LogP contribution is -2.26. The van der Waals surface area contributed by atoms with Gasteiger partial charge in [0.25, 0.3) is 5.91 Å². The third-order valence-electron chi connectivity index (χ3n) is 3.37. The summed E-state index contributed by atoms with van der Waals surface area (Å²) in [6, 6.07) is 12.9. The van der Waals surface area contributed by atoms with Crippen LogP contribution >= 0.6 is 0 Å². The number of para-hydroxylation sites is 1. The third kappa shape index (κ3) is 2.76. The summed E-state index contributed by atoms with van der Waals surface area (Å²) in [5.74, 6) is 1.22. The third-order valence-corrected chi connectivity index (χ3v) is 3.37. The van der Waals surface area contributed by atoms with Gasteiger partial charge in [0.1, 0.15) is 11.6 Å². The van der Waals surface area contributed by atoms with Crippen LogP contribution in [0.25, 0.3) is 5.65 Å². The Kier molecular flexibility index (Phi) is 4.00. The van der Waals surface area contributed by atoms with Gasteiger partial charge in [0, 0.05) is 19.2 Å². The number of nitrogens with one attached hydrogen (secondary N) is 1. The number of benzene rings is 1. The number of carbonyl (C=O) groups excluding carboxylic acids is 1. The van der Waals surface area contributed by atoms with Crippen molar-refractivity contribution in [2.75, 3.05) is 13.7 Å². The van der Waals surface area contributed by atoms with Crippen LogP contribution in [0.5, 0.6) is 5.75 Å². The van der Waals surface area contributed by atoms with Gasteiger partial charge in [-0.05, 0) is 24.3 Å². The van der Waals surface area contributed by atoms with E-state index in [4.69, 9.17) is 4.74 Å². The highest BCUT2D eigenvalue weighted by atomic mass is 16.5. The summed E-state index contributed by atoms with van der Waals surface area (Å²) in [4.78, 5) is 12.2. The van der Waals surface area contributed by atoms with Gasteiger partial charge in [-0.15, -0.1) is 10.2 Å². The Morgan fingerprint density at radius 1 is 1.18 bits per heavy atom. The van der Waals surface area contributed by atoms with Crippen molar-refractivity contribution in [3.8, 4) is 5.75 Å². The van der Waals surface area contributed by atoms with Crippen LogP contribution in [0.4, 0.5) is 0 Å². The Balaban J connectivity index is 1.64. The van der Waals surface area contributed by atoms with E-state index in [0.29, 0.717) is 24.3 Å². The van der Waals surface area contributed by atoms with Crippen LogP contribution in [0, 0.1) is 0 Å². The second-order valence-electron chi connectivity index (χ2n) is 4.75. The van der Waals surface area contributed by atoms with Crippen LogP contribution < -0.4 is 10.1 Å². The van der Waals surface area contributed by atoms with Crippen molar-refractivity contribution in [1.82, 2.24) is 19.9 Å². The van der Waals surface area contributed by atoms with Gasteiger partial charge in [0.2, 0.25) is 0 Å². The van der Waals surface area contributed by atoms with E-state index in [9.17, 15) is 4.79 Å². The largest absolute Gasteiger partial charge is 0.496 e. The average Bonchev–Trinajstić information content (AvgIpc) is 2.98. The van der Waals surface area contributed by atoms with Crippen molar-refractivity contribution in [3.63, 3.8) is 0 Å². The minimum Gasteiger partial charge on any atom is -0.496 e. The van der Waals surface area contributed by atoms with Gasteiger partial charge in [-0.3, -0.25) is 9.20 Å². The van der Waals surface area contributed by atoms with Crippen molar-refractivity contribution in [3.05, 3.63) is 60.0 Å². The fraction of sp³-hybridized carbons (Fsp3) is 0.188. The van der Waals surface area contributed by atoms with Crippen LogP contribution in [-0.2, 0) is 6.42 Å². The molecule has 0 atom stereocenters. The van der Waals surface area contributed by atoms with Gasteiger partial charge in [-0.2, -0.15) is 0 Å². The molecule has 6 nitrogen and oxygen atoms in total. The molecule has 6 heteroatoms. The maximum atomic E-state index is 12.2. The molecule has 112 valence electrons. The highest BCUT2D eigenvalue weighted by molar-refractivity contribution is 5.96. The van der Waals surface area contributed by atoms with E-state index in [1.807, 2.05) is 40.9 Å². The van der Waals surface area contributed by atoms with Crippen LogP contribution in [0.1, 0.15) is 16.2 Å². The second kappa shape index (κ2) is 6.26. The number of aromatic nitrogens is 3. The van der Waals surface area contributed by atoms with Crippen molar-refractivity contribution in [2.24, 2.45) is 0 Å². The number of amides is 1. The van der Waals surface area contributed by atoms with E-state index in [1.165, 1.54) is 0 Å². The summed E-state index contributed by atoms with van der Waals surface area (Å²) in [5.41, 5.74) is 1.32. The predicted octanol–water partition coefficient (Wildman–Crippen LogP) is 1.71. The molecule has 0 aliphatic carbocycles. The molecule has 1 amide bonds. The Labute approximate surface area is 127 Å². The Morgan fingerprint density at radius 3 is 2.86 bits per heavy atom. The molecule has 1 aromatic carbocycles. The lowest BCUT2D eigenvalue weighted by atomic mass is 10.2. The number of hydrogen-bond donors (Lipinski definition) is 1. The first-order valence-corrected chi connectivity index (χ1v) is 6.99. The molecule has 0 bridgehead atoms. The first-order valence-electron chi connectivity index (χ1n) is 6.99. The molecule has 0 aliphatic heterocycles. The van der Waals surface area contributed by atoms with E-state index in [2.05, 4.69) is 15.5 Å². The monoisotopic (exact) mass is 296 g/mol. The number of rotatable bonds is 5. The molecular formula is C16H16N4O2. The molecule has 0 aliphatic rings. The van der Waals surface area contributed by atoms with Crippen LogP contribution in [0.2, 0.25) is 0 Å². The predicted molar refractivity (Wildman–Crippen MR) is 82.0 cm³/mol. The molecule has 0 fully saturated rings. The standard InChI is InChI=1S/C16H16N4O2/c1-22-13-7-3-2-6-12(13)16(21)17-10-9-15-19-18-14-8-4-5-11-20(14)15/h2-8,11H,9-10H2,1H3,(H,17,21). The smallest absolute Gasteiger partial charge is 0.255 e. The van der Waals surface area contributed by atoms with Crippen molar-refractivity contribution in [2.45, 2.75) is 6.42 Å². The molecule has 3 aromatic rings. The molecule has 0 radical (unpaired) electrons. The summed E-state index contributed by atoms with van der Waals surface area (Å²) in [7, 11) is 1.55. The van der Waals surface area contributed by atoms with E-state index in [1.54, 1.807) is 19.2 Å². The van der Waals surface area contributed by atoms with Gasteiger partial charge in [-0.25, -0.2) is 0 Å². The quantitative estimate of drug-likeness (QED) is 0.778. The van der Waals surface area contributed by atoms with E-state index in [0.717, 1.165) is 11.5 Å². The van der Waals surface area contributed by atoms with Crippen molar-refractivity contribution < 1.29 is 9.53 Å². The number of carbonyl (C=O) groups is 1. The first kappa shape index (κ1) is 14.1. The number of pyridine rings is 1. The van der Waals surface area contributed by atoms with Crippen LogP contribution in [0.15, 0.2) is 48.7 Å². The summed E-state index contributed by atoms with van der Waals surface area (Å²) >= 11 is 0. The Hall–Kier alpha value is -2.89. The second-order valence-corrected chi connectivity index (χ2v) is 4.75.